The molecule has 1 amide bonds. The first kappa shape index (κ1) is 22.6. The van der Waals surface area contributed by atoms with E-state index in [2.05, 4.69) is 0 Å². The number of ketones is 1. The van der Waals surface area contributed by atoms with Crippen LogP contribution in [-0.4, -0.2) is 42.2 Å². The molecule has 0 radical (unpaired) electrons. The number of carbonyl (C=O) groups is 2. The molecular weight excluding hydrogens is 474 g/mol. The van der Waals surface area contributed by atoms with Crippen molar-refractivity contribution in [3.63, 3.8) is 0 Å². The molecule has 3 aromatic rings. The maximum atomic E-state index is 13.3. The van der Waals surface area contributed by atoms with Gasteiger partial charge in [-0.05, 0) is 60.2 Å². The lowest BCUT2D eigenvalue weighted by Gasteiger charge is -2.26. The van der Waals surface area contributed by atoms with E-state index in [0.29, 0.717) is 41.7 Å². The number of amides is 1. The number of aliphatic hydroxyl groups is 1. The molecule has 1 fully saturated rings. The summed E-state index contributed by atoms with van der Waals surface area (Å²) in [6, 6.07) is 14.8. The fourth-order valence-corrected chi connectivity index (χ4v) is 4.39. The van der Waals surface area contributed by atoms with Gasteiger partial charge in [-0.3, -0.25) is 14.5 Å². The van der Waals surface area contributed by atoms with E-state index in [0.717, 1.165) is 0 Å². The summed E-state index contributed by atoms with van der Waals surface area (Å²) in [5.41, 5.74) is 1.02. The van der Waals surface area contributed by atoms with Crippen LogP contribution >= 0.6 is 11.6 Å². The number of hydrogen-bond acceptors (Lipinski definition) is 7. The van der Waals surface area contributed by atoms with E-state index in [-0.39, 0.29) is 27.7 Å². The Morgan fingerprint density at radius 3 is 2.40 bits per heavy atom. The van der Waals surface area contributed by atoms with Crippen LogP contribution in [0.5, 0.6) is 23.0 Å². The van der Waals surface area contributed by atoms with Gasteiger partial charge in [0, 0.05) is 11.3 Å². The predicted octanol–water partition coefficient (Wildman–Crippen LogP) is 4.45. The Morgan fingerprint density at radius 2 is 1.71 bits per heavy atom. The van der Waals surface area contributed by atoms with Crippen molar-refractivity contribution in [2.24, 2.45) is 0 Å². The number of phenolic OH excluding ortho intramolecular Hbond substituents is 1. The molecule has 2 aliphatic heterocycles. The fourth-order valence-electron chi connectivity index (χ4n) is 4.20. The molecule has 0 saturated carbocycles. The maximum Gasteiger partial charge on any atom is 0.300 e. The van der Waals surface area contributed by atoms with Crippen LogP contribution in [0.4, 0.5) is 5.69 Å². The number of aromatic hydroxyl groups is 1. The van der Waals surface area contributed by atoms with Gasteiger partial charge < -0.3 is 24.4 Å². The lowest BCUT2D eigenvalue weighted by atomic mass is 9.95. The molecule has 3 aromatic carbocycles. The van der Waals surface area contributed by atoms with Gasteiger partial charge in [-0.25, -0.2) is 0 Å². The van der Waals surface area contributed by atoms with E-state index in [1.54, 1.807) is 48.5 Å². The number of fused-ring (bicyclic) bond motifs is 1. The van der Waals surface area contributed by atoms with Gasteiger partial charge in [0.1, 0.15) is 30.5 Å². The minimum atomic E-state index is -1.00. The van der Waals surface area contributed by atoms with Crippen LogP contribution < -0.4 is 19.1 Å². The SMILES string of the molecule is COc1ccc(N2C(=O)C(=O)/C(=C(\O)c3ccc4c(c3)OCCO4)C2c2ccc(O)c(Cl)c2)cc1. The Labute approximate surface area is 205 Å². The number of anilines is 1. The van der Waals surface area contributed by atoms with Crippen LogP contribution in [0.2, 0.25) is 5.02 Å². The number of carbonyl (C=O) groups excluding carboxylic acids is 2. The molecule has 1 saturated heterocycles. The summed E-state index contributed by atoms with van der Waals surface area (Å²) in [5.74, 6) is -0.673. The third-order valence-electron chi connectivity index (χ3n) is 5.90. The van der Waals surface area contributed by atoms with Crippen molar-refractivity contribution in [1.29, 1.82) is 0 Å². The maximum absolute atomic E-state index is 13.3. The smallest absolute Gasteiger partial charge is 0.300 e. The molecule has 2 aliphatic rings. The Kier molecular flexibility index (Phi) is 5.74. The highest BCUT2D eigenvalue weighted by atomic mass is 35.5. The molecular formula is C26H20ClNO7. The van der Waals surface area contributed by atoms with E-state index >= 15 is 0 Å². The molecule has 8 nitrogen and oxygen atoms in total. The largest absolute Gasteiger partial charge is 0.507 e. The minimum Gasteiger partial charge on any atom is -0.507 e. The summed E-state index contributed by atoms with van der Waals surface area (Å²) in [4.78, 5) is 27.8. The summed E-state index contributed by atoms with van der Waals surface area (Å²) in [6.07, 6.45) is 0. The highest BCUT2D eigenvalue weighted by Gasteiger charge is 2.47. The topological polar surface area (TPSA) is 106 Å². The first-order valence-corrected chi connectivity index (χ1v) is 11.1. The van der Waals surface area contributed by atoms with Gasteiger partial charge in [0.05, 0.1) is 23.7 Å². The molecule has 2 heterocycles. The predicted molar refractivity (Wildman–Crippen MR) is 128 cm³/mol. The van der Waals surface area contributed by atoms with Crippen LogP contribution in [0.1, 0.15) is 17.2 Å². The van der Waals surface area contributed by atoms with Gasteiger partial charge in [-0.2, -0.15) is 0 Å². The summed E-state index contributed by atoms with van der Waals surface area (Å²) in [5, 5.41) is 21.3. The van der Waals surface area contributed by atoms with Crippen molar-refractivity contribution in [3.05, 3.63) is 82.4 Å². The van der Waals surface area contributed by atoms with E-state index in [1.807, 2.05) is 0 Å². The molecule has 9 heteroatoms. The second-order valence-electron chi connectivity index (χ2n) is 7.94. The van der Waals surface area contributed by atoms with Crippen LogP contribution in [0.3, 0.4) is 0 Å². The highest BCUT2D eigenvalue weighted by Crippen LogP contribution is 2.44. The molecule has 0 aliphatic carbocycles. The Balaban J connectivity index is 1.69. The summed E-state index contributed by atoms with van der Waals surface area (Å²) >= 11 is 6.16. The average molecular weight is 494 g/mol. The summed E-state index contributed by atoms with van der Waals surface area (Å²) in [7, 11) is 1.52. The second-order valence-corrected chi connectivity index (χ2v) is 8.34. The van der Waals surface area contributed by atoms with Gasteiger partial charge in [-0.15, -0.1) is 0 Å². The van der Waals surface area contributed by atoms with Crippen molar-refractivity contribution < 1.29 is 34.0 Å². The third kappa shape index (κ3) is 3.91. The van der Waals surface area contributed by atoms with E-state index in [4.69, 9.17) is 25.8 Å². The number of Topliss-reactive ketones (excluding diaryl/α,β-unsaturated/α-hetero) is 1. The molecule has 0 spiro atoms. The number of hydrogen-bond donors (Lipinski definition) is 2. The number of rotatable bonds is 4. The number of phenols is 1. The van der Waals surface area contributed by atoms with Crippen molar-refractivity contribution in [2.75, 3.05) is 25.2 Å². The van der Waals surface area contributed by atoms with E-state index in [9.17, 15) is 19.8 Å². The standard InChI is InChI=1S/C26H20ClNO7/c1-33-17-6-4-16(5-7-17)28-23(14-2-8-19(29)18(27)12-14)22(25(31)26(28)32)24(30)15-3-9-20-21(13-15)35-11-10-34-20/h2-9,12-13,23,29-30H,10-11H2,1H3/b24-22-. The highest BCUT2D eigenvalue weighted by molar-refractivity contribution is 6.51. The molecule has 178 valence electrons. The fraction of sp³-hybridized carbons (Fsp3) is 0.154. The zero-order chi connectivity index (χ0) is 24.7. The Hall–Kier alpha value is -4.17. The normalized spacial score (nSPS) is 18.6. The first-order chi connectivity index (χ1) is 16.9. The number of halogens is 1. The molecule has 0 aromatic heterocycles. The average Bonchev–Trinajstić information content (AvgIpc) is 3.15. The van der Waals surface area contributed by atoms with Gasteiger partial charge in [0.2, 0.25) is 0 Å². The Bertz CT molecular complexity index is 1370. The van der Waals surface area contributed by atoms with Crippen LogP contribution in [0.25, 0.3) is 5.76 Å². The lowest BCUT2D eigenvalue weighted by molar-refractivity contribution is -0.132. The van der Waals surface area contributed by atoms with Gasteiger partial charge in [0.15, 0.2) is 11.5 Å². The van der Waals surface area contributed by atoms with Crippen molar-refractivity contribution in [1.82, 2.24) is 0 Å². The van der Waals surface area contributed by atoms with Crippen LogP contribution in [0.15, 0.2) is 66.2 Å². The first-order valence-electron chi connectivity index (χ1n) is 10.7. The molecule has 1 unspecified atom stereocenters. The number of aliphatic hydroxyl groups excluding tert-OH is 1. The number of nitrogens with zero attached hydrogens (tertiary/aromatic N) is 1. The zero-order valence-electron chi connectivity index (χ0n) is 18.5. The van der Waals surface area contributed by atoms with Crippen molar-refractivity contribution in [2.45, 2.75) is 6.04 Å². The number of ether oxygens (including phenoxy) is 3. The zero-order valence-corrected chi connectivity index (χ0v) is 19.3. The lowest BCUT2D eigenvalue weighted by Crippen LogP contribution is -2.29. The Morgan fingerprint density at radius 1 is 1.00 bits per heavy atom. The van der Waals surface area contributed by atoms with E-state index < -0.39 is 17.7 Å². The van der Waals surface area contributed by atoms with Gasteiger partial charge in [0.25, 0.3) is 11.7 Å². The monoisotopic (exact) mass is 493 g/mol. The second kappa shape index (κ2) is 8.88. The number of methoxy groups -OCH3 is 1. The number of benzene rings is 3. The van der Waals surface area contributed by atoms with Crippen molar-refractivity contribution >= 4 is 34.7 Å². The minimum absolute atomic E-state index is 0.0437. The molecule has 2 N–H and O–H groups in total. The molecule has 1 atom stereocenters. The quantitative estimate of drug-likeness (QED) is 0.314. The molecule has 0 bridgehead atoms. The van der Waals surface area contributed by atoms with Crippen LogP contribution in [0, 0.1) is 0 Å². The third-order valence-corrected chi connectivity index (χ3v) is 6.20. The summed E-state index contributed by atoms with van der Waals surface area (Å²) in [6.45, 7) is 0.762. The molecule has 35 heavy (non-hydrogen) atoms. The summed E-state index contributed by atoms with van der Waals surface area (Å²) < 4.78 is 16.3. The van der Waals surface area contributed by atoms with Crippen molar-refractivity contribution in [3.8, 4) is 23.0 Å². The van der Waals surface area contributed by atoms with Gasteiger partial charge >= 0.3 is 0 Å². The molecule has 5 rings (SSSR count). The van der Waals surface area contributed by atoms with E-state index in [1.165, 1.54) is 24.1 Å². The van der Waals surface area contributed by atoms with Gasteiger partial charge in [-0.1, -0.05) is 17.7 Å². The van der Waals surface area contributed by atoms with Crippen LogP contribution in [-0.2, 0) is 9.59 Å².